The summed E-state index contributed by atoms with van der Waals surface area (Å²) in [6, 6.07) is 19.0. The van der Waals surface area contributed by atoms with Crippen molar-refractivity contribution in [2.45, 2.75) is 32.8 Å². The molecule has 2 heterocycles. The highest BCUT2D eigenvalue weighted by Gasteiger charge is 2.25. The topological polar surface area (TPSA) is 95.2 Å². The van der Waals surface area contributed by atoms with Crippen molar-refractivity contribution >= 4 is 34.7 Å². The van der Waals surface area contributed by atoms with Crippen LogP contribution in [0, 0.1) is 13.8 Å². The predicted molar refractivity (Wildman–Crippen MR) is 164 cm³/mol. The van der Waals surface area contributed by atoms with Crippen LogP contribution < -0.4 is 30.5 Å². The maximum absolute atomic E-state index is 13.5. The number of nitrogens with zero attached hydrogens (tertiary/aromatic N) is 2. The first-order chi connectivity index (χ1) is 19.9. The van der Waals surface area contributed by atoms with Crippen molar-refractivity contribution in [1.82, 2.24) is 5.32 Å². The monoisotopic (exact) mass is 557 g/mol. The number of anilines is 4. The Balaban J connectivity index is 1.32. The second-order valence-electron chi connectivity index (χ2n) is 10.5. The Morgan fingerprint density at radius 1 is 0.927 bits per heavy atom. The number of piperazine rings is 1. The van der Waals surface area contributed by atoms with Gasteiger partial charge in [-0.25, -0.2) is 4.79 Å². The predicted octanol–water partition coefficient (Wildman–Crippen LogP) is 5.19. The molecule has 3 aromatic rings. The molecule has 0 spiro atoms. The van der Waals surface area contributed by atoms with E-state index in [-0.39, 0.29) is 18.0 Å². The number of carbonyl (C=O) groups is 2. The fraction of sp³-hybridized carbons (Fsp3) is 0.375. The van der Waals surface area contributed by atoms with Crippen LogP contribution in [0.2, 0.25) is 0 Å². The van der Waals surface area contributed by atoms with E-state index >= 15 is 0 Å². The Kier molecular flexibility index (Phi) is 8.94. The minimum Gasteiger partial charge on any atom is -0.495 e. The van der Waals surface area contributed by atoms with Gasteiger partial charge in [-0.05, 0) is 74.2 Å². The van der Waals surface area contributed by atoms with Gasteiger partial charge in [0.25, 0.3) is 5.91 Å². The lowest BCUT2D eigenvalue weighted by Gasteiger charge is -2.38. The molecule has 1 unspecified atom stereocenters. The molecule has 0 saturated carbocycles. The van der Waals surface area contributed by atoms with Crippen LogP contribution in [0.4, 0.5) is 27.5 Å². The second-order valence-corrected chi connectivity index (χ2v) is 10.5. The summed E-state index contributed by atoms with van der Waals surface area (Å²) in [4.78, 5) is 30.9. The molecule has 0 aliphatic carbocycles. The molecule has 9 nitrogen and oxygen atoms in total. The normalized spacial score (nSPS) is 16.8. The molecule has 0 bridgehead atoms. The Morgan fingerprint density at radius 3 is 2.41 bits per heavy atom. The number of amides is 3. The molecule has 2 saturated heterocycles. The number of ether oxygens (including phenoxy) is 2. The molecule has 2 aliphatic rings. The van der Waals surface area contributed by atoms with Crippen LogP contribution in [-0.4, -0.2) is 64.5 Å². The van der Waals surface area contributed by atoms with E-state index in [4.69, 9.17) is 9.47 Å². The van der Waals surface area contributed by atoms with Crippen LogP contribution in [0.3, 0.4) is 0 Å². The maximum atomic E-state index is 13.5. The van der Waals surface area contributed by atoms with Crippen molar-refractivity contribution in [3.63, 3.8) is 0 Å². The third-order valence-electron chi connectivity index (χ3n) is 7.91. The maximum Gasteiger partial charge on any atom is 0.323 e. The van der Waals surface area contributed by atoms with Gasteiger partial charge in [-0.3, -0.25) is 4.79 Å². The number of hydrogen-bond acceptors (Lipinski definition) is 6. The summed E-state index contributed by atoms with van der Waals surface area (Å²) in [7, 11) is 1.69. The molecule has 2 fully saturated rings. The third-order valence-corrected chi connectivity index (χ3v) is 7.91. The zero-order chi connectivity index (χ0) is 28.8. The van der Waals surface area contributed by atoms with Crippen molar-refractivity contribution in [3.05, 3.63) is 77.4 Å². The summed E-state index contributed by atoms with van der Waals surface area (Å²) in [5, 5.41) is 8.89. The third kappa shape index (κ3) is 6.74. The Labute approximate surface area is 241 Å². The zero-order valence-electron chi connectivity index (χ0n) is 24.0. The van der Waals surface area contributed by atoms with Crippen LogP contribution in [0.5, 0.6) is 5.75 Å². The smallest absolute Gasteiger partial charge is 0.323 e. The van der Waals surface area contributed by atoms with Crippen molar-refractivity contribution in [2.24, 2.45) is 0 Å². The molecule has 3 N–H and O–H groups in total. The van der Waals surface area contributed by atoms with Crippen LogP contribution >= 0.6 is 0 Å². The molecule has 2 aliphatic heterocycles. The van der Waals surface area contributed by atoms with E-state index < -0.39 is 0 Å². The number of nitrogens with one attached hydrogen (secondary N) is 3. The first-order valence-corrected chi connectivity index (χ1v) is 14.2. The average Bonchev–Trinajstić information content (AvgIpc) is 3.52. The van der Waals surface area contributed by atoms with Crippen molar-refractivity contribution in [3.8, 4) is 5.75 Å². The van der Waals surface area contributed by atoms with Crippen LogP contribution in [-0.2, 0) is 4.74 Å². The van der Waals surface area contributed by atoms with Crippen LogP contribution in [0.25, 0.3) is 0 Å². The molecule has 5 rings (SSSR count). The van der Waals surface area contributed by atoms with E-state index in [0.717, 1.165) is 79.6 Å². The summed E-state index contributed by atoms with van der Waals surface area (Å²) in [6.07, 6.45) is 1.99. The highest BCUT2D eigenvalue weighted by molar-refractivity contribution is 6.04. The highest BCUT2D eigenvalue weighted by atomic mass is 16.5. The van der Waals surface area contributed by atoms with Gasteiger partial charge in [0, 0.05) is 56.4 Å². The molecule has 3 amide bonds. The largest absolute Gasteiger partial charge is 0.495 e. The number of methoxy groups -OCH3 is 1. The number of rotatable bonds is 8. The van der Waals surface area contributed by atoms with E-state index in [0.29, 0.717) is 17.8 Å². The zero-order valence-corrected chi connectivity index (χ0v) is 24.0. The fourth-order valence-electron chi connectivity index (χ4n) is 5.43. The first-order valence-electron chi connectivity index (χ1n) is 14.2. The average molecular weight is 558 g/mol. The van der Waals surface area contributed by atoms with Gasteiger partial charge in [-0.2, -0.15) is 0 Å². The summed E-state index contributed by atoms with van der Waals surface area (Å²) < 4.78 is 11.3. The van der Waals surface area contributed by atoms with Gasteiger partial charge < -0.3 is 35.2 Å². The van der Waals surface area contributed by atoms with Gasteiger partial charge in [0.15, 0.2) is 0 Å². The molecule has 1 atom stereocenters. The molecular formula is C32H39N5O4. The lowest BCUT2D eigenvalue weighted by atomic mass is 10.1. The highest BCUT2D eigenvalue weighted by Crippen LogP contribution is 2.31. The lowest BCUT2D eigenvalue weighted by molar-refractivity contribution is 0.0858. The number of para-hydroxylation sites is 2. The van der Waals surface area contributed by atoms with Gasteiger partial charge in [0.1, 0.15) is 5.75 Å². The molecule has 41 heavy (non-hydrogen) atoms. The van der Waals surface area contributed by atoms with Gasteiger partial charge in [-0.1, -0.05) is 24.3 Å². The molecular weight excluding hydrogens is 518 g/mol. The molecule has 3 aromatic carbocycles. The van der Waals surface area contributed by atoms with Gasteiger partial charge >= 0.3 is 6.03 Å². The molecule has 216 valence electrons. The summed E-state index contributed by atoms with van der Waals surface area (Å²) >= 11 is 0. The number of urea groups is 1. The Bertz CT molecular complexity index is 1380. The van der Waals surface area contributed by atoms with Crippen LogP contribution in [0.1, 0.15) is 34.3 Å². The summed E-state index contributed by atoms with van der Waals surface area (Å²) in [5.41, 5.74) is 5.85. The van der Waals surface area contributed by atoms with Crippen LogP contribution in [0.15, 0.2) is 60.7 Å². The second kappa shape index (κ2) is 13.0. The van der Waals surface area contributed by atoms with E-state index in [1.807, 2.05) is 62.4 Å². The van der Waals surface area contributed by atoms with Crippen molar-refractivity contribution in [1.29, 1.82) is 0 Å². The standard InChI is InChI=1S/C32H39N5O4/c1-22-8-6-10-27(23(22)2)35-32(39)34-24-13-14-28(26(20-24)31(38)33-21-25-9-7-19-41-25)36-15-17-37(18-16-36)29-11-4-5-12-30(29)40-3/h4-6,8,10-14,20,25H,7,9,15-19,21H2,1-3H3,(H,33,38)(H2,34,35,39). The van der Waals surface area contributed by atoms with Gasteiger partial charge in [0.2, 0.25) is 0 Å². The SMILES string of the molecule is COc1ccccc1N1CCN(c2ccc(NC(=O)Nc3cccc(C)c3C)cc2C(=O)NCC2CCCO2)CC1. The number of aryl methyl sites for hydroxylation is 1. The number of carbonyl (C=O) groups excluding carboxylic acids is 2. The quantitative estimate of drug-likeness (QED) is 0.353. The van der Waals surface area contributed by atoms with Crippen molar-refractivity contribution in [2.75, 3.05) is 66.9 Å². The Hall–Kier alpha value is -4.24. The van der Waals surface area contributed by atoms with Gasteiger partial charge in [0.05, 0.1) is 24.5 Å². The minimum absolute atomic E-state index is 0.0384. The van der Waals surface area contributed by atoms with Crippen molar-refractivity contribution < 1.29 is 19.1 Å². The van der Waals surface area contributed by atoms with E-state index in [2.05, 4.69) is 31.8 Å². The lowest BCUT2D eigenvalue weighted by Crippen LogP contribution is -2.47. The number of benzene rings is 3. The molecule has 0 radical (unpaired) electrons. The Morgan fingerprint density at radius 2 is 1.68 bits per heavy atom. The fourth-order valence-corrected chi connectivity index (χ4v) is 5.43. The number of hydrogen-bond donors (Lipinski definition) is 3. The summed E-state index contributed by atoms with van der Waals surface area (Å²) in [5.74, 6) is 0.672. The molecule has 0 aromatic heterocycles. The summed E-state index contributed by atoms with van der Waals surface area (Å²) in [6.45, 7) is 8.24. The van der Waals surface area contributed by atoms with E-state index in [1.54, 1.807) is 13.2 Å². The van der Waals surface area contributed by atoms with Gasteiger partial charge in [-0.15, -0.1) is 0 Å². The first kappa shape index (κ1) is 28.3. The van der Waals surface area contributed by atoms with E-state index in [9.17, 15) is 9.59 Å². The minimum atomic E-state index is -0.359. The van der Waals surface area contributed by atoms with E-state index in [1.165, 1.54) is 0 Å². The molecule has 9 heteroatoms.